The molecule has 2 fully saturated rings. The van der Waals surface area contributed by atoms with Gasteiger partial charge in [-0.3, -0.25) is 0 Å². The van der Waals surface area contributed by atoms with Crippen LogP contribution in [0, 0.1) is 0 Å². The summed E-state index contributed by atoms with van der Waals surface area (Å²) in [5.41, 5.74) is 6.81. The predicted octanol–water partition coefficient (Wildman–Crippen LogP) is -0.127. The van der Waals surface area contributed by atoms with Crippen molar-refractivity contribution in [1.29, 1.82) is 0 Å². The highest BCUT2D eigenvalue weighted by Gasteiger charge is 2.64. The van der Waals surface area contributed by atoms with Crippen molar-refractivity contribution in [1.82, 2.24) is 19.5 Å². The van der Waals surface area contributed by atoms with Gasteiger partial charge in [0.15, 0.2) is 11.5 Å². The number of nitrogen functional groups attached to an aromatic ring is 1. The van der Waals surface area contributed by atoms with Gasteiger partial charge < -0.3 is 20.1 Å². The average Bonchev–Trinajstić information content (AvgIpc) is 2.78. The monoisotopic (exact) mass is 247 g/mol. The molecule has 3 atom stereocenters. The van der Waals surface area contributed by atoms with Crippen molar-refractivity contribution in [2.45, 2.75) is 30.6 Å². The lowest BCUT2D eigenvalue weighted by molar-refractivity contribution is 0.148. The molecule has 0 aromatic carbocycles. The molecule has 0 spiro atoms. The fourth-order valence-corrected chi connectivity index (χ4v) is 3.00. The van der Waals surface area contributed by atoms with Gasteiger partial charge in [0, 0.05) is 0 Å². The second kappa shape index (κ2) is 3.18. The van der Waals surface area contributed by atoms with Gasteiger partial charge in [0.05, 0.1) is 19.0 Å². The predicted molar refractivity (Wildman–Crippen MR) is 62.7 cm³/mol. The number of hydrogen-bond donors (Lipinski definition) is 2. The first-order chi connectivity index (χ1) is 8.75. The summed E-state index contributed by atoms with van der Waals surface area (Å²) in [5.74, 6) is 0.391. The number of imidazole rings is 1. The summed E-state index contributed by atoms with van der Waals surface area (Å²) in [4.78, 5) is 12.4. The summed E-state index contributed by atoms with van der Waals surface area (Å²) in [6.07, 6.45) is 5.07. The fraction of sp³-hybridized carbons (Fsp3) is 0.545. The van der Waals surface area contributed by atoms with E-state index in [9.17, 15) is 5.11 Å². The maximum Gasteiger partial charge on any atom is 0.165 e. The first kappa shape index (κ1) is 10.2. The third kappa shape index (κ3) is 1.12. The lowest BCUT2D eigenvalue weighted by Crippen LogP contribution is -2.17. The molecule has 2 aromatic heterocycles. The number of epoxide rings is 1. The average molecular weight is 247 g/mol. The van der Waals surface area contributed by atoms with Crippen LogP contribution in [0.4, 0.5) is 5.82 Å². The summed E-state index contributed by atoms with van der Waals surface area (Å²) >= 11 is 0. The molecular weight excluding hydrogens is 234 g/mol. The zero-order valence-corrected chi connectivity index (χ0v) is 9.65. The van der Waals surface area contributed by atoms with Crippen molar-refractivity contribution in [2.75, 3.05) is 12.3 Å². The van der Waals surface area contributed by atoms with Crippen LogP contribution in [-0.2, 0) is 4.74 Å². The van der Waals surface area contributed by atoms with E-state index in [0.29, 0.717) is 11.3 Å². The van der Waals surface area contributed by atoms with Crippen molar-refractivity contribution >= 4 is 17.0 Å². The Bertz CT molecular complexity index is 627. The van der Waals surface area contributed by atoms with E-state index in [1.165, 1.54) is 6.33 Å². The number of fused-ring (bicyclic) bond motifs is 2. The lowest BCUT2D eigenvalue weighted by atomic mass is 10.1. The van der Waals surface area contributed by atoms with Crippen LogP contribution < -0.4 is 5.73 Å². The number of nitrogens with two attached hydrogens (primary N) is 1. The molecule has 0 radical (unpaired) electrons. The molecule has 1 aliphatic carbocycles. The topological polar surface area (TPSA) is 102 Å². The second-order valence-corrected chi connectivity index (χ2v) is 4.95. The SMILES string of the molecule is Nc1ncnc2c1ncn2[C@H]1CC[C@]2(CO)O[C@H]12. The molecule has 1 saturated carbocycles. The van der Waals surface area contributed by atoms with E-state index in [4.69, 9.17) is 10.5 Å². The Hall–Kier alpha value is -1.73. The minimum absolute atomic E-state index is 0.0658. The van der Waals surface area contributed by atoms with Gasteiger partial charge in [-0.05, 0) is 12.8 Å². The van der Waals surface area contributed by atoms with Crippen molar-refractivity contribution in [3.63, 3.8) is 0 Å². The normalized spacial score (nSPS) is 33.8. The van der Waals surface area contributed by atoms with Crippen LogP contribution in [-0.4, -0.2) is 42.9 Å². The summed E-state index contributed by atoms with van der Waals surface area (Å²) in [6, 6.07) is 0.177. The molecule has 0 bridgehead atoms. The van der Waals surface area contributed by atoms with Gasteiger partial charge >= 0.3 is 0 Å². The minimum Gasteiger partial charge on any atom is -0.393 e. The van der Waals surface area contributed by atoms with Crippen LogP contribution in [0.25, 0.3) is 11.2 Å². The van der Waals surface area contributed by atoms with Crippen LogP contribution in [0.1, 0.15) is 18.9 Å². The number of anilines is 1. The standard InChI is InChI=1S/C11H13N5O2/c12-9-7-10(14-4-13-9)16(5-15-7)6-1-2-11(3-17)8(6)18-11/h4-6,8,17H,1-3H2,(H2,12,13,14)/t6-,8+,11+/m0/s1. The summed E-state index contributed by atoms with van der Waals surface area (Å²) < 4.78 is 7.62. The number of aromatic nitrogens is 4. The van der Waals surface area contributed by atoms with Crippen molar-refractivity contribution in [3.05, 3.63) is 12.7 Å². The van der Waals surface area contributed by atoms with Gasteiger partial charge in [0.25, 0.3) is 0 Å². The quantitative estimate of drug-likeness (QED) is 0.717. The molecule has 7 nitrogen and oxygen atoms in total. The molecule has 0 unspecified atom stereocenters. The summed E-state index contributed by atoms with van der Waals surface area (Å²) in [6.45, 7) is 0.0813. The largest absolute Gasteiger partial charge is 0.393 e. The Labute approximate surface area is 103 Å². The van der Waals surface area contributed by atoms with E-state index in [-0.39, 0.29) is 24.4 Å². The number of ether oxygens (including phenoxy) is 1. The Morgan fingerprint density at radius 2 is 2.39 bits per heavy atom. The molecule has 3 N–H and O–H groups in total. The van der Waals surface area contributed by atoms with E-state index in [2.05, 4.69) is 15.0 Å². The molecule has 18 heavy (non-hydrogen) atoms. The Morgan fingerprint density at radius 1 is 1.50 bits per heavy atom. The maximum atomic E-state index is 9.34. The lowest BCUT2D eigenvalue weighted by Gasteiger charge is -2.12. The molecule has 94 valence electrons. The minimum atomic E-state index is -0.320. The van der Waals surface area contributed by atoms with Crippen LogP contribution in [0.3, 0.4) is 0 Å². The molecular formula is C11H13N5O2. The van der Waals surface area contributed by atoms with Gasteiger partial charge in [-0.2, -0.15) is 0 Å². The number of aliphatic hydroxyl groups excluding tert-OH is 1. The van der Waals surface area contributed by atoms with Gasteiger partial charge in [-0.15, -0.1) is 0 Å². The Morgan fingerprint density at radius 3 is 3.11 bits per heavy atom. The molecule has 2 aliphatic rings. The maximum absolute atomic E-state index is 9.34. The zero-order valence-electron chi connectivity index (χ0n) is 9.65. The van der Waals surface area contributed by atoms with Gasteiger partial charge in [0.2, 0.25) is 0 Å². The highest BCUT2D eigenvalue weighted by molar-refractivity contribution is 5.81. The Balaban J connectivity index is 1.79. The molecule has 2 aromatic rings. The van der Waals surface area contributed by atoms with Crippen LogP contribution in [0.2, 0.25) is 0 Å². The summed E-state index contributed by atoms with van der Waals surface area (Å²) in [5, 5.41) is 9.34. The second-order valence-electron chi connectivity index (χ2n) is 4.95. The van der Waals surface area contributed by atoms with Gasteiger partial charge in [-0.25, -0.2) is 15.0 Å². The van der Waals surface area contributed by atoms with Crippen LogP contribution in [0.5, 0.6) is 0 Å². The highest BCUT2D eigenvalue weighted by atomic mass is 16.6. The van der Waals surface area contributed by atoms with E-state index < -0.39 is 0 Å². The number of hydrogen-bond acceptors (Lipinski definition) is 6. The summed E-state index contributed by atoms with van der Waals surface area (Å²) in [7, 11) is 0. The van der Waals surface area contributed by atoms with Crippen molar-refractivity contribution < 1.29 is 9.84 Å². The van der Waals surface area contributed by atoms with E-state index in [0.717, 1.165) is 18.5 Å². The molecule has 4 rings (SSSR count). The van der Waals surface area contributed by atoms with E-state index in [1.54, 1.807) is 6.33 Å². The zero-order chi connectivity index (χ0) is 12.3. The van der Waals surface area contributed by atoms with Gasteiger partial charge in [-0.1, -0.05) is 0 Å². The number of aliphatic hydroxyl groups is 1. The Kier molecular flexibility index (Phi) is 1.80. The first-order valence-corrected chi connectivity index (χ1v) is 5.97. The highest BCUT2D eigenvalue weighted by Crippen LogP contribution is 2.55. The van der Waals surface area contributed by atoms with E-state index in [1.807, 2.05) is 4.57 Å². The fourth-order valence-electron chi connectivity index (χ4n) is 3.00. The number of rotatable bonds is 2. The number of nitrogens with zero attached hydrogens (tertiary/aromatic N) is 4. The van der Waals surface area contributed by atoms with Crippen LogP contribution in [0.15, 0.2) is 12.7 Å². The third-order valence-corrected chi connectivity index (χ3v) is 4.05. The van der Waals surface area contributed by atoms with E-state index >= 15 is 0 Å². The molecule has 3 heterocycles. The first-order valence-electron chi connectivity index (χ1n) is 5.97. The molecule has 1 aliphatic heterocycles. The van der Waals surface area contributed by atoms with Crippen molar-refractivity contribution in [2.24, 2.45) is 0 Å². The smallest absolute Gasteiger partial charge is 0.165 e. The third-order valence-electron chi connectivity index (χ3n) is 4.05. The van der Waals surface area contributed by atoms with Crippen molar-refractivity contribution in [3.8, 4) is 0 Å². The van der Waals surface area contributed by atoms with Gasteiger partial charge in [0.1, 0.15) is 23.5 Å². The molecule has 0 amide bonds. The molecule has 1 saturated heterocycles. The molecule has 7 heteroatoms. The van der Waals surface area contributed by atoms with Crippen LogP contribution >= 0.6 is 0 Å².